The molecule has 1 saturated carbocycles. The van der Waals surface area contributed by atoms with E-state index in [9.17, 15) is 18.0 Å². The van der Waals surface area contributed by atoms with Crippen LogP contribution in [0.1, 0.15) is 62.5 Å². The minimum absolute atomic E-state index is 0.0773. The molecule has 36 heavy (non-hydrogen) atoms. The molecule has 4 rings (SSSR count). The normalized spacial score (nSPS) is 20.6. The first-order valence-corrected chi connectivity index (χ1v) is 12.7. The number of aromatic nitrogens is 3. The number of alkyl halides is 3. The highest BCUT2D eigenvalue weighted by atomic mass is 19.4. The van der Waals surface area contributed by atoms with Crippen LogP contribution < -0.4 is 20.9 Å². The van der Waals surface area contributed by atoms with Crippen LogP contribution in [0.4, 0.5) is 31.0 Å². The van der Waals surface area contributed by atoms with Crippen LogP contribution in [0, 0.1) is 5.92 Å². The predicted molar refractivity (Wildman–Crippen MR) is 133 cm³/mol. The topological polar surface area (TPSA) is 95.1 Å². The molecule has 0 spiro atoms. The number of nitrogens with zero attached hydrogens (tertiary/aromatic N) is 4. The summed E-state index contributed by atoms with van der Waals surface area (Å²) in [5.74, 6) is 1.76. The van der Waals surface area contributed by atoms with Crippen molar-refractivity contribution in [3.05, 3.63) is 35.4 Å². The smallest absolute Gasteiger partial charge is 0.357 e. The van der Waals surface area contributed by atoms with E-state index in [1.165, 1.54) is 18.6 Å². The van der Waals surface area contributed by atoms with Crippen molar-refractivity contribution in [3.63, 3.8) is 0 Å². The third-order valence-electron chi connectivity index (χ3n) is 6.94. The maximum absolute atomic E-state index is 13.2. The largest absolute Gasteiger partial charge is 0.416 e. The number of carbonyl (C=O) groups excluding carboxylic acids is 1. The Balaban J connectivity index is 1.25. The summed E-state index contributed by atoms with van der Waals surface area (Å²) >= 11 is 0. The summed E-state index contributed by atoms with van der Waals surface area (Å²) in [5, 5.41) is 9.12. The van der Waals surface area contributed by atoms with E-state index in [-0.39, 0.29) is 30.0 Å². The third-order valence-corrected chi connectivity index (χ3v) is 6.94. The number of halogens is 3. The number of rotatable bonds is 8. The summed E-state index contributed by atoms with van der Waals surface area (Å²) < 4.78 is 39.5. The van der Waals surface area contributed by atoms with Crippen LogP contribution in [-0.2, 0) is 17.5 Å². The lowest BCUT2D eigenvalue weighted by Crippen LogP contribution is -2.33. The third kappa shape index (κ3) is 6.98. The Labute approximate surface area is 209 Å². The first-order valence-electron chi connectivity index (χ1n) is 12.7. The Morgan fingerprint density at radius 3 is 2.39 bits per heavy atom. The molecule has 2 aromatic rings. The summed E-state index contributed by atoms with van der Waals surface area (Å²) in [4.78, 5) is 28.3. The summed E-state index contributed by atoms with van der Waals surface area (Å²) in [6.45, 7) is 1.76. The van der Waals surface area contributed by atoms with E-state index in [4.69, 9.17) is 0 Å². The van der Waals surface area contributed by atoms with Crippen molar-refractivity contribution in [2.24, 2.45) is 5.92 Å². The van der Waals surface area contributed by atoms with Gasteiger partial charge in [-0.1, -0.05) is 18.2 Å². The van der Waals surface area contributed by atoms with Crippen LogP contribution in [-0.4, -0.2) is 47.0 Å². The van der Waals surface area contributed by atoms with Gasteiger partial charge in [0.15, 0.2) is 0 Å². The van der Waals surface area contributed by atoms with E-state index in [1.54, 1.807) is 13.1 Å². The molecule has 1 aliphatic heterocycles. The van der Waals surface area contributed by atoms with Crippen molar-refractivity contribution in [2.75, 3.05) is 35.7 Å². The maximum atomic E-state index is 13.2. The molecule has 11 heteroatoms. The number of anilines is 3. The second-order valence-electron chi connectivity index (χ2n) is 9.58. The molecule has 2 heterocycles. The lowest BCUT2D eigenvalue weighted by Gasteiger charge is -2.30. The van der Waals surface area contributed by atoms with Gasteiger partial charge in [0, 0.05) is 39.1 Å². The van der Waals surface area contributed by atoms with Crippen LogP contribution in [0.25, 0.3) is 0 Å². The molecule has 0 atom stereocenters. The lowest BCUT2D eigenvalue weighted by atomic mass is 9.84. The number of amides is 1. The van der Waals surface area contributed by atoms with Crippen LogP contribution in [0.15, 0.2) is 24.3 Å². The van der Waals surface area contributed by atoms with Gasteiger partial charge in [-0.05, 0) is 62.5 Å². The second kappa shape index (κ2) is 11.7. The van der Waals surface area contributed by atoms with Gasteiger partial charge < -0.3 is 20.9 Å². The molecule has 0 radical (unpaired) electrons. The van der Waals surface area contributed by atoms with E-state index in [2.05, 4.69) is 35.8 Å². The zero-order chi connectivity index (χ0) is 25.5. The van der Waals surface area contributed by atoms with E-state index in [1.807, 2.05) is 0 Å². The highest BCUT2D eigenvalue weighted by molar-refractivity contribution is 5.76. The molecule has 1 amide bonds. The molecule has 2 fully saturated rings. The minimum atomic E-state index is -4.44. The van der Waals surface area contributed by atoms with Crippen LogP contribution in [0.5, 0.6) is 0 Å². The van der Waals surface area contributed by atoms with E-state index >= 15 is 0 Å². The van der Waals surface area contributed by atoms with Crippen molar-refractivity contribution in [1.29, 1.82) is 0 Å². The van der Waals surface area contributed by atoms with Gasteiger partial charge in [-0.25, -0.2) is 0 Å². The van der Waals surface area contributed by atoms with Gasteiger partial charge in [-0.3, -0.25) is 4.79 Å². The Morgan fingerprint density at radius 1 is 1.00 bits per heavy atom. The number of hydrogen-bond acceptors (Lipinski definition) is 7. The van der Waals surface area contributed by atoms with Crippen molar-refractivity contribution in [3.8, 4) is 0 Å². The molecule has 2 aliphatic rings. The molecule has 8 nitrogen and oxygen atoms in total. The Bertz CT molecular complexity index is 1020. The van der Waals surface area contributed by atoms with Gasteiger partial charge in [-0.2, -0.15) is 28.1 Å². The van der Waals surface area contributed by atoms with Crippen LogP contribution in [0.3, 0.4) is 0 Å². The fraction of sp³-hybridized carbons (Fsp3) is 0.600. The minimum Gasteiger partial charge on any atom is -0.357 e. The van der Waals surface area contributed by atoms with Crippen molar-refractivity contribution >= 4 is 23.8 Å². The zero-order valence-corrected chi connectivity index (χ0v) is 20.6. The number of carbonyl (C=O) groups is 1. The fourth-order valence-corrected chi connectivity index (χ4v) is 4.95. The van der Waals surface area contributed by atoms with E-state index < -0.39 is 11.7 Å². The van der Waals surface area contributed by atoms with Crippen molar-refractivity contribution < 1.29 is 18.0 Å². The summed E-state index contributed by atoms with van der Waals surface area (Å²) in [6.07, 6.45) is 2.83. The molecule has 3 N–H and O–H groups in total. The first-order chi connectivity index (χ1) is 17.3. The second-order valence-corrected chi connectivity index (χ2v) is 9.58. The highest BCUT2D eigenvalue weighted by Gasteiger charge is 2.33. The lowest BCUT2D eigenvalue weighted by molar-refractivity contribution is -0.138. The van der Waals surface area contributed by atoms with E-state index in [0.29, 0.717) is 24.3 Å². The van der Waals surface area contributed by atoms with Gasteiger partial charge in [0.25, 0.3) is 0 Å². The summed E-state index contributed by atoms with van der Waals surface area (Å²) in [5.41, 5.74) is -0.631. The molecular formula is C25H34F3N7O. The molecule has 0 bridgehead atoms. The number of piperidine rings is 1. The van der Waals surface area contributed by atoms with Gasteiger partial charge in [0.1, 0.15) is 0 Å². The summed E-state index contributed by atoms with van der Waals surface area (Å²) in [7, 11) is 1.79. The standard InChI is InChI=1S/C25H34F3N7O/c1-29-22-32-23(34-24(33-22)35-13-5-2-6-14-35)31-19-11-9-17(10-12-19)15-21(36)30-16-18-7-3-4-8-20(18)25(26,27)28/h3-4,7-8,17,19H,2,5-6,9-16H2,1H3,(H,30,36)(H2,29,31,32,33,34). The first kappa shape index (κ1) is 26.0. The van der Waals surface area contributed by atoms with Crippen molar-refractivity contribution in [2.45, 2.75) is 70.1 Å². The zero-order valence-electron chi connectivity index (χ0n) is 20.6. The fourth-order valence-electron chi connectivity index (χ4n) is 4.95. The Hall–Kier alpha value is -3.11. The Morgan fingerprint density at radius 2 is 1.69 bits per heavy atom. The SMILES string of the molecule is CNc1nc(NC2CCC(CC(=O)NCc3ccccc3C(F)(F)F)CC2)nc(N2CCCCC2)n1. The highest BCUT2D eigenvalue weighted by Crippen LogP contribution is 2.32. The quantitative estimate of drug-likeness (QED) is 0.483. The van der Waals surface area contributed by atoms with Gasteiger partial charge in [0.2, 0.25) is 23.8 Å². The summed E-state index contributed by atoms with van der Waals surface area (Å²) in [6, 6.07) is 5.54. The number of benzene rings is 1. The molecule has 1 aliphatic carbocycles. The number of nitrogens with one attached hydrogen (secondary N) is 3. The molecule has 1 saturated heterocycles. The number of hydrogen-bond donors (Lipinski definition) is 3. The van der Waals surface area contributed by atoms with Crippen LogP contribution in [0.2, 0.25) is 0 Å². The van der Waals surface area contributed by atoms with Gasteiger partial charge in [-0.15, -0.1) is 0 Å². The molecule has 1 aromatic heterocycles. The predicted octanol–water partition coefficient (Wildman–Crippen LogP) is 4.60. The van der Waals surface area contributed by atoms with Crippen LogP contribution >= 0.6 is 0 Å². The molecule has 196 valence electrons. The average molecular weight is 506 g/mol. The van der Waals surface area contributed by atoms with Gasteiger partial charge >= 0.3 is 6.18 Å². The maximum Gasteiger partial charge on any atom is 0.416 e. The molecular weight excluding hydrogens is 471 g/mol. The monoisotopic (exact) mass is 505 g/mol. The van der Waals surface area contributed by atoms with Crippen molar-refractivity contribution in [1.82, 2.24) is 20.3 Å². The van der Waals surface area contributed by atoms with E-state index in [0.717, 1.165) is 57.7 Å². The Kier molecular flexibility index (Phi) is 8.48. The van der Waals surface area contributed by atoms with Gasteiger partial charge in [0.05, 0.1) is 5.56 Å². The average Bonchev–Trinajstić information content (AvgIpc) is 2.88. The molecule has 0 unspecified atom stereocenters. The molecule has 1 aromatic carbocycles.